The van der Waals surface area contributed by atoms with Crippen LogP contribution in [0.25, 0.3) is 33.6 Å². The lowest BCUT2D eigenvalue weighted by molar-refractivity contribution is -0.143. The van der Waals surface area contributed by atoms with Crippen molar-refractivity contribution in [1.82, 2.24) is 19.9 Å². The molecule has 2 saturated carbocycles. The summed E-state index contributed by atoms with van der Waals surface area (Å²) < 4.78 is 0. The SMILES string of the molecule is O=C(O)C1CCC[C@H]1c1ncc(-c2ccc(-c3ccc(-c4c[nH]c([C@@H]5CCC[C@H]5C(=O)O)n4)cc3)cc2)[nH]1. The van der Waals surface area contributed by atoms with Gasteiger partial charge in [0.05, 0.1) is 29.4 Å². The average Bonchev–Trinajstić information content (AvgIpc) is 3.74. The van der Waals surface area contributed by atoms with Crippen molar-refractivity contribution in [3.8, 4) is 33.6 Å². The summed E-state index contributed by atoms with van der Waals surface area (Å²) in [4.78, 5) is 38.9. The first kappa shape index (κ1) is 24.2. The highest BCUT2D eigenvalue weighted by atomic mass is 16.4. The van der Waals surface area contributed by atoms with E-state index in [1.165, 1.54) is 0 Å². The van der Waals surface area contributed by atoms with Crippen LogP contribution in [0.15, 0.2) is 60.9 Å². The zero-order valence-electron chi connectivity index (χ0n) is 20.9. The Morgan fingerprint density at radius 3 is 1.82 bits per heavy atom. The van der Waals surface area contributed by atoms with Crippen LogP contribution in [0, 0.1) is 11.8 Å². The summed E-state index contributed by atoms with van der Waals surface area (Å²) in [7, 11) is 0. The summed E-state index contributed by atoms with van der Waals surface area (Å²) in [5, 5.41) is 19.0. The van der Waals surface area contributed by atoms with E-state index in [4.69, 9.17) is 4.98 Å². The van der Waals surface area contributed by atoms with Crippen LogP contribution in [0.2, 0.25) is 0 Å². The van der Waals surface area contributed by atoms with Crippen molar-refractivity contribution in [2.24, 2.45) is 11.8 Å². The molecule has 0 bridgehead atoms. The fraction of sp³-hybridized carbons (Fsp3) is 0.333. The third kappa shape index (κ3) is 4.51. The molecule has 194 valence electrons. The molecule has 0 radical (unpaired) electrons. The molecule has 0 spiro atoms. The Labute approximate surface area is 220 Å². The van der Waals surface area contributed by atoms with E-state index in [0.29, 0.717) is 12.8 Å². The Morgan fingerprint density at radius 1 is 0.711 bits per heavy atom. The number of H-pyrrole nitrogens is 2. The summed E-state index contributed by atoms with van der Waals surface area (Å²) in [5.41, 5.74) is 5.86. The van der Waals surface area contributed by atoms with E-state index in [1.54, 1.807) is 6.20 Å². The van der Waals surface area contributed by atoms with Gasteiger partial charge in [-0.2, -0.15) is 0 Å². The summed E-state index contributed by atoms with van der Waals surface area (Å²) >= 11 is 0. The highest BCUT2D eigenvalue weighted by Gasteiger charge is 2.36. The number of aliphatic carboxylic acids is 2. The van der Waals surface area contributed by atoms with Crippen LogP contribution in [-0.4, -0.2) is 42.1 Å². The van der Waals surface area contributed by atoms with Crippen molar-refractivity contribution in [3.63, 3.8) is 0 Å². The average molecular weight is 511 g/mol. The van der Waals surface area contributed by atoms with Gasteiger partial charge in [-0.05, 0) is 42.4 Å². The van der Waals surface area contributed by atoms with Crippen LogP contribution in [0.5, 0.6) is 0 Å². The third-order valence-corrected chi connectivity index (χ3v) is 8.27. The van der Waals surface area contributed by atoms with Crippen molar-refractivity contribution in [2.75, 3.05) is 0 Å². The van der Waals surface area contributed by atoms with Gasteiger partial charge in [-0.15, -0.1) is 0 Å². The van der Waals surface area contributed by atoms with E-state index < -0.39 is 11.9 Å². The normalized spacial score (nSPS) is 23.1. The van der Waals surface area contributed by atoms with E-state index >= 15 is 0 Å². The zero-order chi connectivity index (χ0) is 26.2. The maximum absolute atomic E-state index is 11.6. The molecule has 2 aliphatic rings. The number of benzene rings is 2. The van der Waals surface area contributed by atoms with Crippen molar-refractivity contribution in [3.05, 3.63) is 72.6 Å². The number of nitrogens with zero attached hydrogens (tertiary/aromatic N) is 2. The molecular weight excluding hydrogens is 480 g/mol. The van der Waals surface area contributed by atoms with Crippen LogP contribution >= 0.6 is 0 Å². The number of hydrogen-bond acceptors (Lipinski definition) is 4. The molecule has 4 N–H and O–H groups in total. The molecule has 4 atom stereocenters. The summed E-state index contributed by atoms with van der Waals surface area (Å²) in [6.45, 7) is 0. The maximum atomic E-state index is 11.6. The lowest BCUT2D eigenvalue weighted by atomic mass is 9.95. The van der Waals surface area contributed by atoms with Crippen LogP contribution < -0.4 is 0 Å². The third-order valence-electron chi connectivity index (χ3n) is 8.27. The standard InChI is InChI=1S/C30H30N4O4/c35-29(36)23-5-1-3-21(23)27-31-15-25(33-27)19-11-7-17(8-12-19)18-9-13-20(14-10-18)26-16-32-28(34-26)22-4-2-6-24(22)30(37)38/h7-16,21-24H,1-6H2,(H,31,33)(H,32,34)(H,35,36)(H,37,38)/t21-,22-,23-,24?/m1/s1. The van der Waals surface area contributed by atoms with Gasteiger partial charge in [0.25, 0.3) is 0 Å². The Hall–Kier alpha value is -4.20. The number of imidazole rings is 2. The van der Waals surface area contributed by atoms with Gasteiger partial charge in [-0.25, -0.2) is 9.97 Å². The van der Waals surface area contributed by atoms with Crippen molar-refractivity contribution < 1.29 is 19.8 Å². The van der Waals surface area contributed by atoms with Crippen molar-refractivity contribution in [2.45, 2.75) is 50.4 Å². The minimum Gasteiger partial charge on any atom is -0.481 e. The van der Waals surface area contributed by atoms with Gasteiger partial charge in [-0.3, -0.25) is 9.59 Å². The first-order valence-corrected chi connectivity index (χ1v) is 13.2. The molecule has 2 fully saturated rings. The van der Waals surface area contributed by atoms with E-state index in [1.807, 2.05) is 30.5 Å². The van der Waals surface area contributed by atoms with Crippen LogP contribution in [0.1, 0.15) is 62.0 Å². The lowest BCUT2D eigenvalue weighted by Gasteiger charge is -2.12. The molecule has 2 aromatic carbocycles. The molecule has 4 aromatic rings. The lowest BCUT2D eigenvalue weighted by Crippen LogP contribution is -2.17. The van der Waals surface area contributed by atoms with E-state index in [-0.39, 0.29) is 23.7 Å². The number of rotatable bonds is 7. The number of carboxylic acids is 2. The minimum absolute atomic E-state index is 0.0539. The molecule has 1 unspecified atom stereocenters. The number of aromatic amines is 2. The fourth-order valence-corrected chi connectivity index (χ4v) is 6.19. The predicted octanol–water partition coefficient (Wildman–Crippen LogP) is 6.07. The number of nitrogens with one attached hydrogen (secondary N) is 2. The summed E-state index contributed by atoms with van der Waals surface area (Å²) in [5.74, 6) is -0.795. The first-order valence-electron chi connectivity index (χ1n) is 13.2. The Kier molecular flexibility index (Phi) is 6.31. The van der Waals surface area contributed by atoms with Gasteiger partial charge < -0.3 is 20.2 Å². The zero-order valence-corrected chi connectivity index (χ0v) is 20.9. The Balaban J connectivity index is 1.15. The number of hydrogen-bond donors (Lipinski definition) is 4. The van der Waals surface area contributed by atoms with Crippen molar-refractivity contribution in [1.29, 1.82) is 0 Å². The highest BCUT2D eigenvalue weighted by molar-refractivity contribution is 5.73. The molecule has 0 amide bonds. The number of carboxylic acid groups (broad SMARTS) is 2. The number of aromatic nitrogens is 4. The van der Waals surface area contributed by atoms with Crippen LogP contribution in [0.3, 0.4) is 0 Å². The molecule has 38 heavy (non-hydrogen) atoms. The highest BCUT2D eigenvalue weighted by Crippen LogP contribution is 2.40. The van der Waals surface area contributed by atoms with Gasteiger partial charge in [-0.1, -0.05) is 61.4 Å². The Morgan fingerprint density at radius 2 is 1.24 bits per heavy atom. The first-order chi connectivity index (χ1) is 18.5. The monoisotopic (exact) mass is 510 g/mol. The van der Waals surface area contributed by atoms with Crippen LogP contribution in [0.4, 0.5) is 0 Å². The smallest absolute Gasteiger partial charge is 0.307 e. The molecule has 6 rings (SSSR count). The van der Waals surface area contributed by atoms with Gasteiger partial charge in [0, 0.05) is 23.6 Å². The fourth-order valence-electron chi connectivity index (χ4n) is 6.19. The molecule has 2 aromatic heterocycles. The molecule has 2 aliphatic carbocycles. The van der Waals surface area contributed by atoms with Gasteiger partial charge in [0.1, 0.15) is 11.6 Å². The second-order valence-electron chi connectivity index (χ2n) is 10.5. The summed E-state index contributed by atoms with van der Waals surface area (Å²) in [6, 6.07) is 16.4. The van der Waals surface area contributed by atoms with E-state index in [9.17, 15) is 19.8 Å². The molecule has 2 heterocycles. The molecular formula is C30H30N4O4. The summed E-state index contributed by atoms with van der Waals surface area (Å²) in [6.07, 6.45) is 8.59. The molecule has 8 heteroatoms. The quantitative estimate of drug-likeness (QED) is 0.239. The van der Waals surface area contributed by atoms with E-state index in [2.05, 4.69) is 39.2 Å². The topological polar surface area (TPSA) is 132 Å². The van der Waals surface area contributed by atoms with Crippen molar-refractivity contribution >= 4 is 11.9 Å². The van der Waals surface area contributed by atoms with E-state index in [0.717, 1.165) is 71.0 Å². The van der Waals surface area contributed by atoms with Gasteiger partial charge in [0.2, 0.25) is 0 Å². The maximum Gasteiger partial charge on any atom is 0.307 e. The second kappa shape index (κ2) is 9.93. The van der Waals surface area contributed by atoms with Crippen LogP contribution in [-0.2, 0) is 9.59 Å². The molecule has 0 saturated heterocycles. The minimum atomic E-state index is -0.741. The predicted molar refractivity (Wildman–Crippen MR) is 142 cm³/mol. The Bertz CT molecular complexity index is 1340. The van der Waals surface area contributed by atoms with Gasteiger partial charge in [0.15, 0.2) is 0 Å². The molecule has 8 nitrogen and oxygen atoms in total. The number of carbonyl (C=O) groups is 2. The van der Waals surface area contributed by atoms with Gasteiger partial charge >= 0.3 is 11.9 Å². The largest absolute Gasteiger partial charge is 0.481 e. The molecule has 0 aliphatic heterocycles. The second-order valence-corrected chi connectivity index (χ2v) is 10.5.